The van der Waals surface area contributed by atoms with Crippen LogP contribution in [0.25, 0.3) is 0 Å². The molecule has 0 amide bonds. The molecule has 6 heteroatoms. The monoisotopic (exact) mass is 265 g/mol. The predicted molar refractivity (Wildman–Crippen MR) is 71.0 cm³/mol. The van der Waals surface area contributed by atoms with E-state index in [1.165, 1.54) is 0 Å². The Balaban J connectivity index is 2.01. The van der Waals surface area contributed by atoms with Crippen molar-refractivity contribution in [3.8, 4) is 0 Å². The molecule has 2 aromatic rings. The van der Waals surface area contributed by atoms with Gasteiger partial charge in [-0.2, -0.15) is 0 Å². The van der Waals surface area contributed by atoms with E-state index >= 15 is 0 Å². The second-order valence-corrected chi connectivity index (χ2v) is 4.72. The van der Waals surface area contributed by atoms with Crippen LogP contribution in [0.5, 0.6) is 0 Å². The molecule has 0 spiro atoms. The van der Waals surface area contributed by atoms with Crippen molar-refractivity contribution in [1.82, 2.24) is 20.4 Å². The highest BCUT2D eigenvalue weighted by molar-refractivity contribution is 6.30. The molecule has 0 fully saturated rings. The Kier molecular flexibility index (Phi) is 4.30. The third-order valence-corrected chi connectivity index (χ3v) is 2.95. The topological polar surface area (TPSA) is 68.8 Å². The molecular weight excluding hydrogens is 250 g/mol. The van der Waals surface area contributed by atoms with Crippen LogP contribution in [0, 0.1) is 0 Å². The molecule has 0 saturated heterocycles. The van der Waals surface area contributed by atoms with Gasteiger partial charge in [-0.1, -0.05) is 28.9 Å². The minimum atomic E-state index is 0.111. The molecule has 1 aromatic heterocycles. The molecule has 0 saturated carbocycles. The fourth-order valence-electron chi connectivity index (χ4n) is 1.88. The van der Waals surface area contributed by atoms with Crippen LogP contribution in [-0.4, -0.2) is 21.0 Å². The van der Waals surface area contributed by atoms with Crippen LogP contribution in [0.15, 0.2) is 30.5 Å². The average Bonchev–Trinajstić information content (AvgIpc) is 2.74. The fraction of sp³-hybridized carbons (Fsp3) is 0.333. The number of hydrogen-bond donors (Lipinski definition) is 2. The summed E-state index contributed by atoms with van der Waals surface area (Å²) in [5.74, 6) is 5.58. The number of aromatic nitrogens is 3. The molecule has 3 N–H and O–H groups in total. The molecule has 0 aliphatic rings. The molecule has 0 aliphatic heterocycles. The molecule has 96 valence electrons. The summed E-state index contributed by atoms with van der Waals surface area (Å²) in [6.07, 6.45) is 3.42. The van der Waals surface area contributed by atoms with Crippen molar-refractivity contribution in [2.45, 2.75) is 18.9 Å². The summed E-state index contributed by atoms with van der Waals surface area (Å²) in [5.41, 5.74) is 4.87. The standard InChI is InChI=1S/C12H16ClN5/c1-18-8-12(16-17-18)7-11(15-14)6-9-3-2-4-10(13)5-9/h2-5,8,11,15H,6-7,14H2,1H3. The Morgan fingerprint density at radius 3 is 2.89 bits per heavy atom. The Hall–Kier alpha value is -1.43. The van der Waals surface area contributed by atoms with Crippen molar-refractivity contribution < 1.29 is 0 Å². The first-order chi connectivity index (χ1) is 8.67. The van der Waals surface area contributed by atoms with E-state index in [1.54, 1.807) is 4.68 Å². The minimum absolute atomic E-state index is 0.111. The molecule has 1 aromatic carbocycles. The smallest absolute Gasteiger partial charge is 0.0843 e. The number of hydrazine groups is 1. The van der Waals surface area contributed by atoms with E-state index in [1.807, 2.05) is 37.5 Å². The van der Waals surface area contributed by atoms with Crippen LogP contribution in [0.2, 0.25) is 5.02 Å². The van der Waals surface area contributed by atoms with Gasteiger partial charge in [0.2, 0.25) is 0 Å². The van der Waals surface area contributed by atoms with Gasteiger partial charge in [0.25, 0.3) is 0 Å². The zero-order valence-corrected chi connectivity index (χ0v) is 10.9. The lowest BCUT2D eigenvalue weighted by Gasteiger charge is -2.14. The second kappa shape index (κ2) is 5.95. The number of nitrogens with two attached hydrogens (primary N) is 1. The van der Waals surface area contributed by atoms with E-state index in [9.17, 15) is 0 Å². The van der Waals surface area contributed by atoms with Crippen molar-refractivity contribution in [1.29, 1.82) is 0 Å². The Morgan fingerprint density at radius 2 is 2.28 bits per heavy atom. The highest BCUT2D eigenvalue weighted by Crippen LogP contribution is 2.13. The summed E-state index contributed by atoms with van der Waals surface area (Å²) in [6, 6.07) is 7.89. The van der Waals surface area contributed by atoms with E-state index in [0.717, 1.165) is 29.1 Å². The molecule has 5 nitrogen and oxygen atoms in total. The summed E-state index contributed by atoms with van der Waals surface area (Å²) in [5, 5.41) is 8.69. The van der Waals surface area contributed by atoms with E-state index < -0.39 is 0 Å². The lowest BCUT2D eigenvalue weighted by molar-refractivity contribution is 0.517. The molecule has 18 heavy (non-hydrogen) atoms. The Morgan fingerprint density at radius 1 is 1.44 bits per heavy atom. The summed E-state index contributed by atoms with van der Waals surface area (Å²) in [4.78, 5) is 0. The summed E-state index contributed by atoms with van der Waals surface area (Å²) < 4.78 is 1.68. The maximum Gasteiger partial charge on any atom is 0.0843 e. The molecule has 0 radical (unpaired) electrons. The van der Waals surface area contributed by atoms with Crippen molar-refractivity contribution in [3.63, 3.8) is 0 Å². The van der Waals surface area contributed by atoms with E-state index in [-0.39, 0.29) is 6.04 Å². The van der Waals surface area contributed by atoms with Gasteiger partial charge in [0, 0.05) is 30.7 Å². The largest absolute Gasteiger partial charge is 0.271 e. The maximum atomic E-state index is 5.96. The van der Waals surface area contributed by atoms with Gasteiger partial charge in [-0.25, -0.2) is 0 Å². The maximum absolute atomic E-state index is 5.96. The number of rotatable bonds is 5. The second-order valence-electron chi connectivity index (χ2n) is 4.29. The molecule has 2 rings (SSSR count). The molecular formula is C12H16ClN5. The zero-order valence-electron chi connectivity index (χ0n) is 10.2. The predicted octanol–water partition coefficient (Wildman–Crippen LogP) is 1.09. The molecule has 1 atom stereocenters. The lowest BCUT2D eigenvalue weighted by Crippen LogP contribution is -2.38. The minimum Gasteiger partial charge on any atom is -0.271 e. The van der Waals surface area contributed by atoms with Gasteiger partial charge in [-0.05, 0) is 24.1 Å². The zero-order chi connectivity index (χ0) is 13.0. The summed E-state index contributed by atoms with van der Waals surface area (Å²) >= 11 is 5.96. The van der Waals surface area contributed by atoms with Gasteiger partial charge in [0.15, 0.2) is 0 Å². The number of nitrogens with zero attached hydrogens (tertiary/aromatic N) is 3. The highest BCUT2D eigenvalue weighted by Gasteiger charge is 2.11. The number of nitrogens with one attached hydrogen (secondary N) is 1. The molecule has 0 bridgehead atoms. The van der Waals surface area contributed by atoms with Crippen LogP contribution in [-0.2, 0) is 19.9 Å². The Labute approximate surface area is 111 Å². The molecule has 0 aliphatic carbocycles. The van der Waals surface area contributed by atoms with E-state index in [4.69, 9.17) is 17.4 Å². The number of benzene rings is 1. The van der Waals surface area contributed by atoms with Crippen LogP contribution in [0.3, 0.4) is 0 Å². The van der Waals surface area contributed by atoms with E-state index in [2.05, 4.69) is 15.7 Å². The normalized spacial score (nSPS) is 12.6. The number of halogens is 1. The fourth-order valence-corrected chi connectivity index (χ4v) is 2.09. The third-order valence-electron chi connectivity index (χ3n) is 2.71. The van der Waals surface area contributed by atoms with Crippen LogP contribution in [0.4, 0.5) is 0 Å². The van der Waals surface area contributed by atoms with Gasteiger partial charge >= 0.3 is 0 Å². The number of aryl methyl sites for hydroxylation is 1. The first-order valence-electron chi connectivity index (χ1n) is 5.73. The van der Waals surface area contributed by atoms with Crippen LogP contribution < -0.4 is 11.3 Å². The third kappa shape index (κ3) is 3.53. The first-order valence-corrected chi connectivity index (χ1v) is 6.11. The van der Waals surface area contributed by atoms with Gasteiger partial charge < -0.3 is 0 Å². The van der Waals surface area contributed by atoms with E-state index in [0.29, 0.717) is 0 Å². The van der Waals surface area contributed by atoms with Gasteiger partial charge in [0.1, 0.15) is 0 Å². The van der Waals surface area contributed by atoms with Gasteiger partial charge in [-0.15, -0.1) is 5.10 Å². The van der Waals surface area contributed by atoms with Crippen molar-refractivity contribution in [2.75, 3.05) is 0 Å². The van der Waals surface area contributed by atoms with Crippen molar-refractivity contribution in [3.05, 3.63) is 46.7 Å². The Bertz CT molecular complexity index is 511. The van der Waals surface area contributed by atoms with Crippen LogP contribution in [0.1, 0.15) is 11.3 Å². The van der Waals surface area contributed by atoms with Crippen molar-refractivity contribution >= 4 is 11.6 Å². The summed E-state index contributed by atoms with van der Waals surface area (Å²) in [6.45, 7) is 0. The SMILES string of the molecule is Cn1cc(CC(Cc2cccc(Cl)c2)NN)nn1. The number of hydrogen-bond acceptors (Lipinski definition) is 4. The lowest BCUT2D eigenvalue weighted by atomic mass is 10.0. The molecule has 1 unspecified atom stereocenters. The first kappa shape index (κ1) is 13.0. The summed E-state index contributed by atoms with van der Waals surface area (Å²) in [7, 11) is 1.85. The average molecular weight is 266 g/mol. The highest BCUT2D eigenvalue weighted by atomic mass is 35.5. The van der Waals surface area contributed by atoms with Crippen molar-refractivity contribution in [2.24, 2.45) is 12.9 Å². The van der Waals surface area contributed by atoms with Gasteiger partial charge in [0.05, 0.1) is 5.69 Å². The molecule has 1 heterocycles. The van der Waals surface area contributed by atoms with Crippen LogP contribution >= 0.6 is 11.6 Å². The quantitative estimate of drug-likeness (QED) is 0.627. The van der Waals surface area contributed by atoms with Gasteiger partial charge in [-0.3, -0.25) is 16.0 Å².